The fourth-order valence-electron chi connectivity index (χ4n) is 4.69. The van der Waals surface area contributed by atoms with Crippen molar-refractivity contribution < 1.29 is 0 Å². The second-order valence-corrected chi connectivity index (χ2v) is 7.34. The lowest BCUT2D eigenvalue weighted by Gasteiger charge is -2.54. The van der Waals surface area contributed by atoms with E-state index in [1.54, 1.807) is 11.1 Å². The van der Waals surface area contributed by atoms with Crippen LogP contribution < -0.4 is 0 Å². The van der Waals surface area contributed by atoms with Gasteiger partial charge in [-0.3, -0.25) is 4.90 Å². The lowest BCUT2D eigenvalue weighted by Crippen LogP contribution is -2.57. The normalized spacial score (nSPS) is 29.5. The third kappa shape index (κ3) is 2.70. The topological polar surface area (TPSA) is 3.24 Å². The van der Waals surface area contributed by atoms with E-state index >= 15 is 0 Å². The van der Waals surface area contributed by atoms with Gasteiger partial charge in [-0.05, 0) is 47.4 Å². The molecule has 0 spiro atoms. The van der Waals surface area contributed by atoms with Crippen LogP contribution in [0.2, 0.25) is 0 Å². The molecule has 0 saturated carbocycles. The lowest BCUT2D eigenvalue weighted by molar-refractivity contribution is 0.0259. The number of hydrogen-bond acceptors (Lipinski definition) is 1. The molecule has 0 N–H and O–H groups in total. The van der Waals surface area contributed by atoms with Gasteiger partial charge in [-0.15, -0.1) is 12.4 Å². The molecule has 1 heterocycles. The highest BCUT2D eigenvalue weighted by molar-refractivity contribution is 5.85. The van der Waals surface area contributed by atoms with E-state index in [2.05, 4.69) is 73.3 Å². The van der Waals surface area contributed by atoms with Gasteiger partial charge >= 0.3 is 0 Å². The molecule has 0 radical (unpaired) electrons. The Labute approximate surface area is 146 Å². The largest absolute Gasteiger partial charge is 0.295 e. The monoisotopic (exact) mass is 327 g/mol. The van der Waals surface area contributed by atoms with Crippen LogP contribution in [0.15, 0.2) is 54.6 Å². The van der Waals surface area contributed by atoms with Crippen LogP contribution in [0.3, 0.4) is 0 Å². The van der Waals surface area contributed by atoms with Gasteiger partial charge in [-0.1, -0.05) is 68.4 Å². The molecule has 1 aliphatic heterocycles. The van der Waals surface area contributed by atoms with Crippen LogP contribution in [0.1, 0.15) is 37.0 Å². The fourth-order valence-corrected chi connectivity index (χ4v) is 4.69. The molecule has 1 nitrogen and oxygen atoms in total. The number of halogens is 1. The summed E-state index contributed by atoms with van der Waals surface area (Å²) in [6.07, 6.45) is 2.48. The van der Waals surface area contributed by atoms with Gasteiger partial charge in [0.1, 0.15) is 0 Å². The van der Waals surface area contributed by atoms with E-state index in [-0.39, 0.29) is 12.4 Å². The predicted octanol–water partition coefficient (Wildman–Crippen LogP) is 4.83. The molecular weight excluding hydrogens is 302 g/mol. The first-order valence-corrected chi connectivity index (χ1v) is 8.55. The van der Waals surface area contributed by atoms with Crippen LogP contribution in [-0.4, -0.2) is 17.5 Å². The second-order valence-electron chi connectivity index (χ2n) is 7.34. The summed E-state index contributed by atoms with van der Waals surface area (Å²) in [5.41, 5.74) is 4.98. The number of rotatable bonds is 2. The van der Waals surface area contributed by atoms with E-state index in [0.717, 1.165) is 12.5 Å². The smallest absolute Gasteiger partial charge is 0.0236 e. The summed E-state index contributed by atoms with van der Waals surface area (Å²) in [6, 6.07) is 20.7. The predicted molar refractivity (Wildman–Crippen MR) is 99.2 cm³/mol. The Morgan fingerprint density at radius 3 is 2.52 bits per heavy atom. The van der Waals surface area contributed by atoms with Crippen LogP contribution >= 0.6 is 12.4 Å². The summed E-state index contributed by atoms with van der Waals surface area (Å²) < 4.78 is 0. The van der Waals surface area contributed by atoms with Gasteiger partial charge in [-0.25, -0.2) is 0 Å². The van der Waals surface area contributed by atoms with Crippen LogP contribution in [0.25, 0.3) is 0 Å². The number of hydrogen-bond donors (Lipinski definition) is 0. The summed E-state index contributed by atoms with van der Waals surface area (Å²) in [5, 5.41) is 0. The minimum atomic E-state index is 0. The highest BCUT2D eigenvalue weighted by Gasteiger charge is 2.47. The number of fused-ring (bicyclic) bond motifs is 4. The number of piperidine rings is 1. The molecule has 122 valence electrons. The average molecular weight is 328 g/mol. The minimum absolute atomic E-state index is 0. The van der Waals surface area contributed by atoms with E-state index < -0.39 is 0 Å². The highest BCUT2D eigenvalue weighted by Crippen LogP contribution is 2.48. The first-order valence-electron chi connectivity index (χ1n) is 8.55. The van der Waals surface area contributed by atoms with Gasteiger partial charge in [0.05, 0.1) is 0 Å². The molecule has 2 heteroatoms. The molecule has 2 aromatic carbocycles. The Morgan fingerprint density at radius 1 is 1.04 bits per heavy atom. The summed E-state index contributed by atoms with van der Waals surface area (Å²) in [6.45, 7) is 7.27. The van der Waals surface area contributed by atoms with Crippen molar-refractivity contribution in [3.05, 3.63) is 71.3 Å². The average Bonchev–Trinajstić information content (AvgIpc) is 2.55. The zero-order valence-corrected chi connectivity index (χ0v) is 14.9. The summed E-state index contributed by atoms with van der Waals surface area (Å²) in [7, 11) is 0. The molecular formula is C21H26ClN. The molecule has 1 saturated heterocycles. The maximum atomic E-state index is 2.72. The van der Waals surface area contributed by atoms with Crippen LogP contribution in [0.5, 0.6) is 0 Å². The van der Waals surface area contributed by atoms with Gasteiger partial charge in [0.2, 0.25) is 0 Å². The van der Waals surface area contributed by atoms with Crippen molar-refractivity contribution in [2.24, 2.45) is 5.92 Å². The fraction of sp³-hybridized carbons (Fsp3) is 0.429. The van der Waals surface area contributed by atoms with Crippen molar-refractivity contribution in [2.75, 3.05) is 6.54 Å². The third-order valence-corrected chi connectivity index (χ3v) is 6.26. The van der Waals surface area contributed by atoms with Crippen LogP contribution in [0.4, 0.5) is 0 Å². The van der Waals surface area contributed by atoms with Gasteiger partial charge < -0.3 is 0 Å². The minimum Gasteiger partial charge on any atom is -0.295 e. The molecule has 0 amide bonds. The molecule has 4 rings (SSSR count). The van der Waals surface area contributed by atoms with Gasteiger partial charge in [-0.2, -0.15) is 0 Å². The van der Waals surface area contributed by atoms with E-state index in [4.69, 9.17) is 0 Å². The third-order valence-electron chi connectivity index (χ3n) is 6.26. The molecule has 1 aliphatic carbocycles. The second kappa shape index (κ2) is 6.30. The maximum Gasteiger partial charge on any atom is 0.0236 e. The Kier molecular flexibility index (Phi) is 4.53. The molecule has 2 aromatic rings. The Bertz CT molecular complexity index is 669. The first kappa shape index (κ1) is 16.5. The summed E-state index contributed by atoms with van der Waals surface area (Å²) in [5.74, 6) is 0.722. The summed E-state index contributed by atoms with van der Waals surface area (Å²) >= 11 is 0. The van der Waals surface area contributed by atoms with Crippen molar-refractivity contribution in [1.82, 2.24) is 4.90 Å². The molecule has 2 aliphatic rings. The lowest BCUT2D eigenvalue weighted by atomic mass is 9.59. The quantitative estimate of drug-likeness (QED) is 0.763. The van der Waals surface area contributed by atoms with Gasteiger partial charge in [0, 0.05) is 12.6 Å². The van der Waals surface area contributed by atoms with Gasteiger partial charge in [0.15, 0.2) is 0 Å². The SMILES string of the molecule is C[C@@H]1[C@H]2Cc3ccccc3[C@]1(C)CCN2Cc1ccccc1.Cl. The van der Waals surface area contributed by atoms with E-state index in [1.165, 1.54) is 24.9 Å². The maximum absolute atomic E-state index is 2.72. The molecule has 0 aromatic heterocycles. The zero-order valence-electron chi connectivity index (χ0n) is 14.0. The molecule has 3 atom stereocenters. The molecule has 23 heavy (non-hydrogen) atoms. The first-order chi connectivity index (χ1) is 10.7. The highest BCUT2D eigenvalue weighted by atomic mass is 35.5. The van der Waals surface area contributed by atoms with E-state index in [0.29, 0.717) is 11.5 Å². The zero-order chi connectivity index (χ0) is 15.2. The Balaban J connectivity index is 0.00000156. The van der Waals surface area contributed by atoms with E-state index in [9.17, 15) is 0 Å². The van der Waals surface area contributed by atoms with Gasteiger partial charge in [0.25, 0.3) is 0 Å². The number of nitrogens with zero attached hydrogens (tertiary/aromatic N) is 1. The molecule has 0 unspecified atom stereocenters. The van der Waals surface area contributed by atoms with Crippen molar-refractivity contribution in [2.45, 2.75) is 44.7 Å². The standard InChI is InChI=1S/C21H25N.ClH/c1-16-20-14-18-10-6-7-11-19(18)21(16,2)12-13-22(20)15-17-8-4-3-5-9-17;/h3-11,16,20H,12-15H2,1-2H3;1H/t16-,20-,21-;/m1./s1. The van der Waals surface area contributed by atoms with Crippen molar-refractivity contribution in [3.63, 3.8) is 0 Å². The van der Waals surface area contributed by atoms with Crippen LogP contribution in [-0.2, 0) is 18.4 Å². The number of benzene rings is 2. The molecule has 1 fully saturated rings. The van der Waals surface area contributed by atoms with Crippen LogP contribution in [0, 0.1) is 5.92 Å². The van der Waals surface area contributed by atoms with Crippen molar-refractivity contribution >= 4 is 12.4 Å². The number of likely N-dealkylation sites (tertiary alicyclic amines) is 1. The van der Waals surface area contributed by atoms with Crippen molar-refractivity contribution in [1.29, 1.82) is 0 Å². The Morgan fingerprint density at radius 2 is 1.74 bits per heavy atom. The molecule has 2 bridgehead atoms. The Hall–Kier alpha value is -1.31. The summed E-state index contributed by atoms with van der Waals surface area (Å²) in [4.78, 5) is 2.72. The van der Waals surface area contributed by atoms with Crippen molar-refractivity contribution in [3.8, 4) is 0 Å². The van der Waals surface area contributed by atoms with E-state index in [1.807, 2.05) is 0 Å².